The Kier molecular flexibility index (Phi) is 4.51. The Balaban J connectivity index is 3.28. The van der Waals surface area contributed by atoms with Crippen LogP contribution >= 0.6 is 15.9 Å². The topological polar surface area (TPSA) is 122 Å². The third-order valence-electron chi connectivity index (χ3n) is 1.92. The summed E-state index contributed by atoms with van der Waals surface area (Å²) in [4.78, 5) is 0. The van der Waals surface area contributed by atoms with Crippen LogP contribution in [-0.2, 0) is 0 Å². The lowest BCUT2D eigenvalue weighted by Gasteiger charge is -2.07. The van der Waals surface area contributed by atoms with Crippen LogP contribution in [0.3, 0.4) is 0 Å². The summed E-state index contributed by atoms with van der Waals surface area (Å²) in [5.74, 6) is -2.82. The van der Waals surface area contributed by atoms with Crippen molar-refractivity contribution in [3.8, 4) is 12.1 Å². The Hall–Kier alpha value is -2.52. The van der Waals surface area contributed by atoms with E-state index in [4.69, 9.17) is 21.7 Å². The van der Waals surface area contributed by atoms with Gasteiger partial charge in [0.2, 0.25) is 5.71 Å². The lowest BCUT2D eigenvalue weighted by atomic mass is 10.2. The van der Waals surface area contributed by atoms with Crippen molar-refractivity contribution in [3.63, 3.8) is 0 Å². The zero-order valence-corrected chi connectivity index (χ0v) is 10.7. The third kappa shape index (κ3) is 3.03. The number of halogens is 3. The number of benzene rings is 1. The van der Waals surface area contributed by atoms with E-state index in [1.165, 1.54) is 12.1 Å². The molecule has 0 radical (unpaired) electrons. The number of nitriles is 2. The highest BCUT2D eigenvalue weighted by Gasteiger charge is 2.17. The summed E-state index contributed by atoms with van der Waals surface area (Å²) in [6, 6.07) is 3.75. The summed E-state index contributed by atoms with van der Waals surface area (Å²) in [6.07, 6.45) is 0. The van der Waals surface area contributed by atoms with E-state index in [0.717, 1.165) is 6.07 Å². The molecular weight excluding hydrogens is 322 g/mol. The van der Waals surface area contributed by atoms with E-state index in [0.29, 0.717) is 0 Å². The SMILES string of the molecule is N#C/C(=N\Nc1c(Br)cc(F)c(C#N)c1F)C(=N)N. The van der Waals surface area contributed by atoms with Crippen LogP contribution in [0.1, 0.15) is 5.56 Å². The zero-order valence-electron chi connectivity index (χ0n) is 9.13. The molecule has 19 heavy (non-hydrogen) atoms. The Morgan fingerprint density at radius 3 is 2.58 bits per heavy atom. The van der Waals surface area contributed by atoms with E-state index in [2.05, 4.69) is 26.5 Å². The fourth-order valence-corrected chi connectivity index (χ4v) is 1.52. The minimum atomic E-state index is -1.17. The average molecular weight is 327 g/mol. The second-order valence-electron chi connectivity index (χ2n) is 3.11. The number of nitrogens with one attached hydrogen (secondary N) is 2. The van der Waals surface area contributed by atoms with Gasteiger partial charge in [-0.15, -0.1) is 0 Å². The predicted octanol–water partition coefficient (Wildman–Crippen LogP) is 1.83. The van der Waals surface area contributed by atoms with Gasteiger partial charge in [0.05, 0.1) is 0 Å². The third-order valence-corrected chi connectivity index (χ3v) is 2.55. The maximum Gasteiger partial charge on any atom is 0.201 e. The number of rotatable bonds is 3. The van der Waals surface area contributed by atoms with Crippen molar-refractivity contribution in [1.82, 2.24) is 0 Å². The number of nitrogens with two attached hydrogens (primary N) is 1. The number of hydrogen-bond donors (Lipinski definition) is 3. The van der Waals surface area contributed by atoms with Crippen LogP contribution in [0.2, 0.25) is 0 Å². The molecule has 0 aliphatic rings. The van der Waals surface area contributed by atoms with Crippen LogP contribution < -0.4 is 11.2 Å². The number of nitrogens with zero attached hydrogens (tertiary/aromatic N) is 3. The first kappa shape index (κ1) is 14.5. The fourth-order valence-electron chi connectivity index (χ4n) is 1.05. The first-order chi connectivity index (χ1) is 8.92. The Morgan fingerprint density at radius 1 is 1.47 bits per heavy atom. The quantitative estimate of drug-likeness (QED) is 0.445. The Labute approximate surface area is 114 Å². The fraction of sp³-hybridized carbons (Fsp3) is 0. The summed E-state index contributed by atoms with van der Waals surface area (Å²) in [7, 11) is 0. The largest absolute Gasteiger partial charge is 0.382 e. The van der Waals surface area contributed by atoms with Gasteiger partial charge in [0, 0.05) is 4.47 Å². The highest BCUT2D eigenvalue weighted by atomic mass is 79.9. The monoisotopic (exact) mass is 326 g/mol. The van der Waals surface area contributed by atoms with Gasteiger partial charge in [-0.25, -0.2) is 8.78 Å². The summed E-state index contributed by atoms with van der Waals surface area (Å²) < 4.78 is 26.9. The molecule has 0 atom stereocenters. The van der Waals surface area contributed by atoms with Crippen LogP contribution in [0.25, 0.3) is 0 Å². The van der Waals surface area contributed by atoms with Crippen molar-refractivity contribution in [2.45, 2.75) is 0 Å². The van der Waals surface area contributed by atoms with Crippen LogP contribution in [0.4, 0.5) is 14.5 Å². The van der Waals surface area contributed by atoms with Crippen LogP contribution in [0, 0.1) is 39.7 Å². The van der Waals surface area contributed by atoms with Gasteiger partial charge in [-0.3, -0.25) is 10.8 Å². The van der Waals surface area contributed by atoms with Crippen molar-refractivity contribution >= 4 is 33.2 Å². The highest BCUT2D eigenvalue weighted by Crippen LogP contribution is 2.29. The maximum atomic E-state index is 13.8. The lowest BCUT2D eigenvalue weighted by Crippen LogP contribution is -2.22. The van der Waals surface area contributed by atoms with Gasteiger partial charge in [-0.05, 0) is 22.0 Å². The molecular formula is C10H5BrF2N6. The summed E-state index contributed by atoms with van der Waals surface area (Å²) in [6.45, 7) is 0. The normalized spacial score (nSPS) is 10.5. The van der Waals surface area contributed by atoms with Gasteiger partial charge in [0.25, 0.3) is 0 Å². The van der Waals surface area contributed by atoms with Crippen molar-refractivity contribution in [3.05, 3.63) is 27.7 Å². The number of anilines is 1. The molecule has 0 aromatic heterocycles. The molecule has 0 fully saturated rings. The average Bonchev–Trinajstić information content (AvgIpc) is 2.33. The van der Waals surface area contributed by atoms with Crippen molar-refractivity contribution in [2.24, 2.45) is 10.8 Å². The van der Waals surface area contributed by atoms with Crippen LogP contribution in [0.15, 0.2) is 15.6 Å². The number of hydrogen-bond acceptors (Lipinski definition) is 5. The number of hydrazone groups is 1. The molecule has 0 saturated heterocycles. The van der Waals surface area contributed by atoms with Gasteiger partial charge in [0.1, 0.15) is 29.2 Å². The molecule has 0 unspecified atom stereocenters. The molecule has 0 amide bonds. The second-order valence-corrected chi connectivity index (χ2v) is 3.97. The number of amidine groups is 1. The first-order valence-corrected chi connectivity index (χ1v) is 5.37. The van der Waals surface area contributed by atoms with Crippen molar-refractivity contribution < 1.29 is 8.78 Å². The van der Waals surface area contributed by atoms with Gasteiger partial charge in [0.15, 0.2) is 11.7 Å². The molecule has 0 aliphatic heterocycles. The molecule has 0 aliphatic carbocycles. The predicted molar refractivity (Wildman–Crippen MR) is 67.4 cm³/mol. The van der Waals surface area contributed by atoms with Gasteiger partial charge >= 0.3 is 0 Å². The van der Waals surface area contributed by atoms with E-state index in [-0.39, 0.29) is 10.2 Å². The molecule has 4 N–H and O–H groups in total. The van der Waals surface area contributed by atoms with E-state index < -0.39 is 28.7 Å². The second kappa shape index (κ2) is 5.89. The van der Waals surface area contributed by atoms with Gasteiger partial charge in [-0.1, -0.05) is 0 Å². The van der Waals surface area contributed by atoms with Crippen LogP contribution in [-0.4, -0.2) is 11.5 Å². The molecule has 1 aromatic carbocycles. The summed E-state index contributed by atoms with van der Waals surface area (Å²) in [5, 5.41) is 27.6. The Morgan fingerprint density at radius 2 is 2.11 bits per heavy atom. The van der Waals surface area contributed by atoms with E-state index in [1.807, 2.05) is 0 Å². The molecule has 0 bridgehead atoms. The summed E-state index contributed by atoms with van der Waals surface area (Å²) in [5.41, 5.74) is 5.55. The van der Waals surface area contributed by atoms with Crippen molar-refractivity contribution in [2.75, 3.05) is 5.43 Å². The molecule has 6 nitrogen and oxygen atoms in total. The Bertz CT molecular complexity index is 655. The van der Waals surface area contributed by atoms with E-state index in [9.17, 15) is 8.78 Å². The summed E-state index contributed by atoms with van der Waals surface area (Å²) >= 11 is 2.88. The smallest absolute Gasteiger partial charge is 0.201 e. The zero-order chi connectivity index (χ0) is 14.6. The van der Waals surface area contributed by atoms with Gasteiger partial charge < -0.3 is 5.73 Å². The molecule has 0 saturated carbocycles. The standard InChI is InChI=1S/C10H5BrF2N6/c11-5-1-6(12)4(2-14)8(13)9(5)19-18-7(3-15)10(16)17/h1,19H,(H3,16,17)/b18-7+. The molecule has 96 valence electrons. The van der Waals surface area contributed by atoms with E-state index in [1.54, 1.807) is 0 Å². The lowest BCUT2D eigenvalue weighted by molar-refractivity contribution is 0.577. The van der Waals surface area contributed by atoms with E-state index >= 15 is 0 Å². The molecule has 9 heteroatoms. The van der Waals surface area contributed by atoms with Crippen LogP contribution in [0.5, 0.6) is 0 Å². The minimum Gasteiger partial charge on any atom is -0.382 e. The first-order valence-electron chi connectivity index (χ1n) is 4.58. The van der Waals surface area contributed by atoms with Crippen molar-refractivity contribution in [1.29, 1.82) is 15.9 Å². The molecule has 0 heterocycles. The maximum absolute atomic E-state index is 13.8. The molecule has 1 rings (SSSR count). The van der Waals surface area contributed by atoms with Gasteiger partial charge in [-0.2, -0.15) is 15.6 Å². The molecule has 0 spiro atoms. The highest BCUT2D eigenvalue weighted by molar-refractivity contribution is 9.10. The minimum absolute atomic E-state index is 0.0360. The molecule has 1 aromatic rings.